The molecular formula is C48H100N2. The van der Waals surface area contributed by atoms with E-state index in [-0.39, 0.29) is 0 Å². The maximum Gasteiger partial charge on any atom is 0.0133 e. The predicted octanol–water partition coefficient (Wildman–Crippen LogP) is 17.2. The molecule has 0 atom stereocenters. The molecule has 0 N–H and O–H groups in total. The fraction of sp³-hybridized carbons (Fsp3) is 1.00. The van der Waals surface area contributed by atoms with Crippen LogP contribution in [0.5, 0.6) is 0 Å². The van der Waals surface area contributed by atoms with Crippen molar-refractivity contribution in [1.29, 1.82) is 0 Å². The molecule has 0 radical (unpaired) electrons. The highest BCUT2D eigenvalue weighted by molar-refractivity contribution is 4.63. The van der Waals surface area contributed by atoms with E-state index in [4.69, 9.17) is 0 Å². The first kappa shape index (κ1) is 49.9. The van der Waals surface area contributed by atoms with Crippen LogP contribution in [0.25, 0.3) is 0 Å². The Bertz CT molecular complexity index is 479. The molecule has 0 spiro atoms. The summed E-state index contributed by atoms with van der Waals surface area (Å²) in [6.45, 7) is 14.6. The smallest absolute Gasteiger partial charge is 0.0133 e. The molecule has 0 rings (SSSR count). The highest BCUT2D eigenvalue weighted by atomic mass is 15.6. The molecule has 0 aromatic rings. The SMILES string of the molecule is CCCCCCCCCCCCN(CCCCCCCCCCCC)N(CCCCCCCCCCCC)CCCCCCCCCCCC. The first-order valence-electron chi connectivity index (χ1n) is 24.3. The minimum atomic E-state index is 1.31. The average Bonchev–Trinajstić information content (AvgIpc) is 3.13. The molecule has 302 valence electrons. The zero-order valence-corrected chi connectivity index (χ0v) is 36.0. The van der Waals surface area contributed by atoms with Gasteiger partial charge in [-0.3, -0.25) is 0 Å². The molecule has 0 heterocycles. The molecule has 0 aliphatic rings. The monoisotopic (exact) mass is 705 g/mol. The third-order valence-corrected chi connectivity index (χ3v) is 11.5. The second-order valence-corrected chi connectivity index (χ2v) is 16.6. The second-order valence-electron chi connectivity index (χ2n) is 16.6. The van der Waals surface area contributed by atoms with E-state index in [0.29, 0.717) is 0 Å². The Kier molecular flexibility index (Phi) is 45.0. The van der Waals surface area contributed by atoms with E-state index in [9.17, 15) is 0 Å². The largest absolute Gasteiger partial charge is 0.242 e. The van der Waals surface area contributed by atoms with E-state index < -0.39 is 0 Å². The van der Waals surface area contributed by atoms with Crippen LogP contribution in [0.1, 0.15) is 285 Å². The number of hydrogen-bond donors (Lipinski definition) is 0. The van der Waals surface area contributed by atoms with E-state index in [1.807, 2.05) is 0 Å². The van der Waals surface area contributed by atoms with Gasteiger partial charge in [0.05, 0.1) is 0 Å². The van der Waals surface area contributed by atoms with Crippen LogP contribution in [-0.2, 0) is 0 Å². The summed E-state index contributed by atoms with van der Waals surface area (Å²) >= 11 is 0. The number of rotatable bonds is 45. The molecular weight excluding hydrogens is 605 g/mol. The van der Waals surface area contributed by atoms with Crippen LogP contribution in [0.4, 0.5) is 0 Å². The summed E-state index contributed by atoms with van der Waals surface area (Å²) in [5.74, 6) is 0. The van der Waals surface area contributed by atoms with Crippen LogP contribution in [0.3, 0.4) is 0 Å². The Balaban J connectivity index is 4.81. The van der Waals surface area contributed by atoms with E-state index in [2.05, 4.69) is 37.7 Å². The van der Waals surface area contributed by atoms with Gasteiger partial charge in [0.1, 0.15) is 0 Å². The molecule has 0 aliphatic heterocycles. The first-order valence-corrected chi connectivity index (χ1v) is 24.3. The molecule has 0 saturated heterocycles. The lowest BCUT2D eigenvalue weighted by Crippen LogP contribution is -2.45. The van der Waals surface area contributed by atoms with Crippen LogP contribution < -0.4 is 0 Å². The second kappa shape index (κ2) is 45.1. The summed E-state index contributed by atoms with van der Waals surface area (Å²) in [5, 5.41) is 5.77. The van der Waals surface area contributed by atoms with E-state index in [1.54, 1.807) is 0 Å². The summed E-state index contributed by atoms with van der Waals surface area (Å²) in [6.07, 6.45) is 57.7. The van der Waals surface area contributed by atoms with Crippen LogP contribution >= 0.6 is 0 Å². The molecule has 0 fully saturated rings. The molecule has 2 heteroatoms. The van der Waals surface area contributed by atoms with Crippen molar-refractivity contribution < 1.29 is 0 Å². The zero-order chi connectivity index (χ0) is 36.3. The van der Waals surface area contributed by atoms with Crippen LogP contribution in [0.15, 0.2) is 0 Å². The number of hydrogen-bond acceptors (Lipinski definition) is 2. The fourth-order valence-corrected chi connectivity index (χ4v) is 7.92. The summed E-state index contributed by atoms with van der Waals surface area (Å²) in [5.41, 5.74) is 0. The van der Waals surface area contributed by atoms with Gasteiger partial charge in [-0.25, -0.2) is 10.0 Å². The number of nitrogens with zero attached hydrogens (tertiary/aromatic N) is 2. The van der Waals surface area contributed by atoms with Crippen molar-refractivity contribution in [3.05, 3.63) is 0 Å². The van der Waals surface area contributed by atoms with Gasteiger partial charge in [-0.2, -0.15) is 0 Å². The van der Waals surface area contributed by atoms with E-state index in [1.165, 1.54) is 283 Å². The molecule has 0 aromatic carbocycles. The van der Waals surface area contributed by atoms with Gasteiger partial charge in [-0.1, -0.05) is 259 Å². The third-order valence-electron chi connectivity index (χ3n) is 11.5. The Morgan fingerprint density at radius 1 is 0.160 bits per heavy atom. The highest BCUT2D eigenvalue weighted by Crippen LogP contribution is 2.17. The van der Waals surface area contributed by atoms with Gasteiger partial charge in [0.25, 0.3) is 0 Å². The van der Waals surface area contributed by atoms with Crippen LogP contribution in [0.2, 0.25) is 0 Å². The summed E-state index contributed by atoms with van der Waals surface area (Å²) in [4.78, 5) is 0. The summed E-state index contributed by atoms with van der Waals surface area (Å²) in [6, 6.07) is 0. The fourth-order valence-electron chi connectivity index (χ4n) is 7.92. The number of unbranched alkanes of at least 4 members (excludes halogenated alkanes) is 36. The van der Waals surface area contributed by atoms with Gasteiger partial charge in [-0.15, -0.1) is 0 Å². The van der Waals surface area contributed by atoms with Crippen LogP contribution in [0, 0.1) is 0 Å². The Morgan fingerprint density at radius 2 is 0.280 bits per heavy atom. The number of hydrazine groups is 1. The summed E-state index contributed by atoms with van der Waals surface area (Å²) < 4.78 is 0. The van der Waals surface area contributed by atoms with Crippen molar-refractivity contribution in [2.75, 3.05) is 26.2 Å². The lowest BCUT2D eigenvalue weighted by Gasteiger charge is -2.36. The maximum absolute atomic E-state index is 2.89. The van der Waals surface area contributed by atoms with Crippen molar-refractivity contribution in [3.63, 3.8) is 0 Å². The zero-order valence-electron chi connectivity index (χ0n) is 36.0. The van der Waals surface area contributed by atoms with E-state index in [0.717, 1.165) is 0 Å². The maximum atomic E-state index is 2.89. The first-order chi connectivity index (χ1) is 24.8. The highest BCUT2D eigenvalue weighted by Gasteiger charge is 2.15. The minimum absolute atomic E-state index is 1.31. The normalized spacial score (nSPS) is 11.9. The van der Waals surface area contributed by atoms with Crippen molar-refractivity contribution >= 4 is 0 Å². The van der Waals surface area contributed by atoms with Gasteiger partial charge < -0.3 is 0 Å². The Labute approximate surface area is 319 Å². The molecule has 0 amide bonds. The Morgan fingerprint density at radius 3 is 0.420 bits per heavy atom. The lowest BCUT2D eigenvalue weighted by atomic mass is 10.1. The average molecular weight is 705 g/mol. The quantitative estimate of drug-likeness (QED) is 0.0460. The van der Waals surface area contributed by atoms with Crippen LogP contribution in [-0.4, -0.2) is 36.2 Å². The Hall–Kier alpha value is -0.0800. The molecule has 0 aromatic heterocycles. The predicted molar refractivity (Wildman–Crippen MR) is 231 cm³/mol. The molecule has 0 bridgehead atoms. The van der Waals surface area contributed by atoms with Crippen molar-refractivity contribution in [2.45, 2.75) is 285 Å². The van der Waals surface area contributed by atoms with Crippen molar-refractivity contribution in [1.82, 2.24) is 10.0 Å². The molecule has 50 heavy (non-hydrogen) atoms. The third kappa shape index (κ3) is 39.1. The van der Waals surface area contributed by atoms with Crippen molar-refractivity contribution in [2.24, 2.45) is 0 Å². The minimum Gasteiger partial charge on any atom is -0.242 e. The van der Waals surface area contributed by atoms with Gasteiger partial charge >= 0.3 is 0 Å². The van der Waals surface area contributed by atoms with Gasteiger partial charge in [-0.05, 0) is 25.7 Å². The van der Waals surface area contributed by atoms with Gasteiger partial charge in [0.15, 0.2) is 0 Å². The van der Waals surface area contributed by atoms with Crippen molar-refractivity contribution in [3.8, 4) is 0 Å². The standard InChI is InChI=1S/C48H100N2/c1-5-9-13-17-21-25-29-33-37-41-45-49(46-42-38-34-30-26-22-18-14-10-6-2)50(47-43-39-35-31-27-23-19-15-11-7-3)48-44-40-36-32-28-24-20-16-12-8-4/h5-48H2,1-4H3. The van der Waals surface area contributed by atoms with Gasteiger partial charge in [0.2, 0.25) is 0 Å². The molecule has 2 nitrogen and oxygen atoms in total. The molecule has 0 aliphatic carbocycles. The van der Waals surface area contributed by atoms with E-state index >= 15 is 0 Å². The van der Waals surface area contributed by atoms with Gasteiger partial charge in [0, 0.05) is 26.2 Å². The summed E-state index contributed by atoms with van der Waals surface area (Å²) in [7, 11) is 0. The molecule has 0 unspecified atom stereocenters. The molecule has 0 saturated carbocycles. The lowest BCUT2D eigenvalue weighted by molar-refractivity contribution is -0.0308. The topological polar surface area (TPSA) is 6.48 Å².